The lowest BCUT2D eigenvalue weighted by Gasteiger charge is -2.11. The van der Waals surface area contributed by atoms with E-state index < -0.39 is 9.84 Å². The molecule has 0 radical (unpaired) electrons. The minimum atomic E-state index is -3.57. The van der Waals surface area contributed by atoms with Gasteiger partial charge in [-0.15, -0.1) is 10.2 Å². The minimum Gasteiger partial charge on any atom is -0.273 e. The van der Waals surface area contributed by atoms with E-state index in [4.69, 9.17) is 11.6 Å². The third-order valence-corrected chi connectivity index (χ3v) is 7.58. The van der Waals surface area contributed by atoms with Crippen molar-refractivity contribution in [2.45, 2.75) is 28.5 Å². The van der Waals surface area contributed by atoms with Crippen molar-refractivity contribution in [2.75, 3.05) is 0 Å². The van der Waals surface area contributed by atoms with E-state index >= 15 is 0 Å². The first-order valence-electron chi connectivity index (χ1n) is 9.59. The van der Waals surface area contributed by atoms with Gasteiger partial charge in [-0.2, -0.15) is 0 Å². The van der Waals surface area contributed by atoms with Gasteiger partial charge >= 0.3 is 0 Å². The van der Waals surface area contributed by atoms with Crippen LogP contribution in [0.25, 0.3) is 5.69 Å². The molecule has 0 unspecified atom stereocenters. The molecule has 0 spiro atoms. The molecule has 158 valence electrons. The van der Waals surface area contributed by atoms with E-state index in [1.165, 1.54) is 11.8 Å². The summed E-state index contributed by atoms with van der Waals surface area (Å²) < 4.78 is 27.8. The summed E-state index contributed by atoms with van der Waals surface area (Å²) >= 11 is 7.46. The fourth-order valence-electron chi connectivity index (χ4n) is 3.05. The van der Waals surface area contributed by atoms with Crippen LogP contribution in [0.15, 0.2) is 88.9 Å². The zero-order valence-electron chi connectivity index (χ0n) is 16.8. The van der Waals surface area contributed by atoms with Gasteiger partial charge in [-0.25, -0.2) is 8.42 Å². The first-order valence-corrected chi connectivity index (χ1v) is 12.6. The van der Waals surface area contributed by atoms with Crippen molar-refractivity contribution in [3.8, 4) is 5.69 Å². The molecule has 0 bridgehead atoms. The molecule has 1 heterocycles. The highest BCUT2D eigenvalue weighted by Gasteiger charge is 2.22. The molecule has 1 aromatic heterocycles. The second-order valence-corrected chi connectivity index (χ2v) is 10.4. The maximum Gasteiger partial charge on any atom is 0.196 e. The van der Waals surface area contributed by atoms with Crippen molar-refractivity contribution >= 4 is 33.2 Å². The lowest BCUT2D eigenvalue weighted by molar-refractivity contribution is 0.593. The van der Waals surface area contributed by atoms with Crippen molar-refractivity contribution in [1.29, 1.82) is 0 Å². The smallest absolute Gasteiger partial charge is 0.196 e. The van der Waals surface area contributed by atoms with E-state index in [0.717, 1.165) is 16.8 Å². The normalized spacial score (nSPS) is 11.5. The van der Waals surface area contributed by atoms with Crippen LogP contribution in [0.1, 0.15) is 17.0 Å². The average Bonchev–Trinajstić information content (AvgIpc) is 3.16. The van der Waals surface area contributed by atoms with Gasteiger partial charge in [-0.1, -0.05) is 71.4 Å². The average molecular weight is 470 g/mol. The highest BCUT2D eigenvalue weighted by molar-refractivity contribution is 7.98. The minimum absolute atomic E-state index is 0.237. The Kier molecular flexibility index (Phi) is 6.46. The van der Waals surface area contributed by atoms with Gasteiger partial charge in [-0.3, -0.25) is 4.57 Å². The third kappa shape index (κ3) is 5.18. The van der Waals surface area contributed by atoms with Crippen LogP contribution in [0.4, 0.5) is 0 Å². The number of thioether (sulfide) groups is 1. The Morgan fingerprint density at radius 2 is 1.58 bits per heavy atom. The number of benzene rings is 3. The summed E-state index contributed by atoms with van der Waals surface area (Å²) in [6.07, 6.45) is 0. The van der Waals surface area contributed by atoms with E-state index in [1.54, 1.807) is 24.3 Å². The number of sulfone groups is 1. The van der Waals surface area contributed by atoms with E-state index in [-0.39, 0.29) is 10.6 Å². The van der Waals surface area contributed by atoms with Crippen LogP contribution in [0.5, 0.6) is 0 Å². The molecule has 4 aromatic rings. The Balaban J connectivity index is 1.66. The summed E-state index contributed by atoms with van der Waals surface area (Å²) in [4.78, 5) is 0.274. The predicted molar refractivity (Wildman–Crippen MR) is 124 cm³/mol. The molecular formula is C23H20ClN3O2S2. The highest BCUT2D eigenvalue weighted by atomic mass is 35.5. The molecule has 8 heteroatoms. The molecule has 0 aliphatic rings. The summed E-state index contributed by atoms with van der Waals surface area (Å²) in [5, 5.41) is 9.86. The Morgan fingerprint density at radius 1 is 0.903 bits per heavy atom. The van der Waals surface area contributed by atoms with Crippen LogP contribution >= 0.6 is 23.4 Å². The quantitative estimate of drug-likeness (QED) is 0.334. The first kappa shape index (κ1) is 21.6. The molecule has 0 fully saturated rings. The number of para-hydroxylation sites is 1. The van der Waals surface area contributed by atoms with Crippen molar-refractivity contribution < 1.29 is 8.42 Å². The van der Waals surface area contributed by atoms with Crippen LogP contribution in [0, 0.1) is 6.92 Å². The number of aromatic nitrogens is 3. The van der Waals surface area contributed by atoms with Gasteiger partial charge in [0.25, 0.3) is 0 Å². The maximum absolute atomic E-state index is 13.0. The molecule has 4 rings (SSSR count). The zero-order valence-corrected chi connectivity index (χ0v) is 19.2. The Morgan fingerprint density at radius 3 is 2.26 bits per heavy atom. The van der Waals surface area contributed by atoms with Gasteiger partial charge in [0.05, 0.1) is 4.90 Å². The largest absolute Gasteiger partial charge is 0.273 e. The van der Waals surface area contributed by atoms with Gasteiger partial charge in [0.2, 0.25) is 0 Å². The van der Waals surface area contributed by atoms with Gasteiger partial charge < -0.3 is 0 Å². The van der Waals surface area contributed by atoms with Crippen LogP contribution in [-0.4, -0.2) is 23.2 Å². The predicted octanol–water partition coefficient (Wildman–Crippen LogP) is 5.50. The summed E-state index contributed by atoms with van der Waals surface area (Å²) in [5.41, 5.74) is 2.92. The topological polar surface area (TPSA) is 64.8 Å². The monoisotopic (exact) mass is 469 g/mol. The van der Waals surface area contributed by atoms with Crippen LogP contribution < -0.4 is 0 Å². The summed E-state index contributed by atoms with van der Waals surface area (Å²) in [5.74, 6) is 0.803. The van der Waals surface area contributed by atoms with Crippen LogP contribution in [0.2, 0.25) is 5.02 Å². The molecule has 5 nitrogen and oxygen atoms in total. The molecule has 0 amide bonds. The second kappa shape index (κ2) is 9.26. The number of nitrogens with zero attached hydrogens (tertiary/aromatic N) is 3. The SMILES string of the molecule is Cc1ccc(S(=O)(=O)Cc2nnc(SCc3ccc(Cl)cc3)n2-c2ccccc2)cc1. The van der Waals surface area contributed by atoms with E-state index in [9.17, 15) is 8.42 Å². The highest BCUT2D eigenvalue weighted by Crippen LogP contribution is 2.27. The number of hydrogen-bond acceptors (Lipinski definition) is 5. The van der Waals surface area contributed by atoms with E-state index in [2.05, 4.69) is 10.2 Å². The number of aryl methyl sites for hydroxylation is 1. The number of hydrogen-bond donors (Lipinski definition) is 0. The fraction of sp³-hybridized carbons (Fsp3) is 0.130. The standard InChI is InChI=1S/C23H20ClN3O2S2/c1-17-7-13-21(14-8-17)31(28,29)16-22-25-26-23(27(22)20-5-3-2-4-6-20)30-15-18-9-11-19(24)12-10-18/h2-14H,15-16H2,1H3. The molecular weight excluding hydrogens is 450 g/mol. The summed E-state index contributed by atoms with van der Waals surface area (Å²) in [7, 11) is -3.57. The van der Waals surface area contributed by atoms with Crippen LogP contribution in [-0.2, 0) is 21.3 Å². The van der Waals surface area contributed by atoms with Gasteiger partial charge in [0, 0.05) is 16.5 Å². The fourth-order valence-corrected chi connectivity index (χ4v) is 5.35. The van der Waals surface area contributed by atoms with Crippen molar-refractivity contribution in [3.63, 3.8) is 0 Å². The molecule has 0 saturated heterocycles. The zero-order chi connectivity index (χ0) is 21.8. The Hall–Kier alpha value is -2.61. The molecule has 0 atom stereocenters. The summed E-state index contributed by atoms with van der Waals surface area (Å²) in [6, 6.07) is 24.0. The number of halogens is 1. The van der Waals surface area contributed by atoms with E-state index in [0.29, 0.717) is 21.8 Å². The molecule has 0 aliphatic heterocycles. The van der Waals surface area contributed by atoms with Crippen molar-refractivity contribution in [1.82, 2.24) is 14.8 Å². The van der Waals surface area contributed by atoms with Gasteiger partial charge in [0.15, 0.2) is 20.8 Å². The number of rotatable bonds is 7. The molecule has 0 saturated carbocycles. The molecule has 31 heavy (non-hydrogen) atoms. The molecule has 0 N–H and O–H groups in total. The lowest BCUT2D eigenvalue weighted by atomic mass is 10.2. The Labute approximate surface area is 191 Å². The third-order valence-electron chi connectivity index (χ3n) is 4.70. The van der Waals surface area contributed by atoms with Gasteiger partial charge in [0.1, 0.15) is 5.75 Å². The Bertz CT molecular complexity index is 1270. The second-order valence-electron chi connectivity index (χ2n) is 7.06. The van der Waals surface area contributed by atoms with Crippen molar-refractivity contribution in [2.24, 2.45) is 0 Å². The van der Waals surface area contributed by atoms with E-state index in [1.807, 2.05) is 66.1 Å². The first-order chi connectivity index (χ1) is 14.9. The van der Waals surface area contributed by atoms with Crippen LogP contribution in [0.3, 0.4) is 0 Å². The lowest BCUT2D eigenvalue weighted by Crippen LogP contribution is -2.11. The summed E-state index contributed by atoms with van der Waals surface area (Å²) in [6.45, 7) is 1.92. The maximum atomic E-state index is 13.0. The van der Waals surface area contributed by atoms with Crippen molar-refractivity contribution in [3.05, 3.63) is 101 Å². The van der Waals surface area contributed by atoms with Gasteiger partial charge in [-0.05, 0) is 48.9 Å². The molecule has 3 aromatic carbocycles. The molecule has 0 aliphatic carbocycles.